The summed E-state index contributed by atoms with van der Waals surface area (Å²) in [6, 6.07) is 6.07. The number of aryl methyl sites for hydroxylation is 1. The monoisotopic (exact) mass is 199 g/mol. The molecule has 0 aliphatic heterocycles. The van der Waals surface area contributed by atoms with Crippen molar-refractivity contribution >= 4 is 5.69 Å². The number of nitrogens with zero attached hydrogens (tertiary/aromatic N) is 2. The molecule has 2 N–H and O–H groups in total. The molecular formula is C12H13N3. The highest BCUT2D eigenvalue weighted by atomic mass is 14.8. The Hall–Kier alpha value is -1.90. The normalized spacial score (nSPS) is 10.2. The van der Waals surface area contributed by atoms with Crippen LogP contribution >= 0.6 is 0 Å². The summed E-state index contributed by atoms with van der Waals surface area (Å²) in [6.45, 7) is 2.09. The zero-order valence-electron chi connectivity index (χ0n) is 8.64. The summed E-state index contributed by atoms with van der Waals surface area (Å²) in [6.07, 6.45) is 6.05. The molecule has 1 heterocycles. The molecule has 3 heteroatoms. The van der Waals surface area contributed by atoms with Crippen LogP contribution in [0.5, 0.6) is 0 Å². The highest BCUT2D eigenvalue weighted by molar-refractivity contribution is 5.67. The van der Waals surface area contributed by atoms with Crippen LogP contribution in [0.2, 0.25) is 0 Å². The van der Waals surface area contributed by atoms with E-state index in [-0.39, 0.29) is 0 Å². The molecule has 1 aromatic carbocycles. The molecule has 0 saturated heterocycles. The Labute approximate surface area is 89.0 Å². The molecule has 0 radical (unpaired) electrons. The minimum atomic E-state index is 0.832. The van der Waals surface area contributed by atoms with Crippen LogP contribution in [0.1, 0.15) is 12.5 Å². The minimum absolute atomic E-state index is 0.832. The van der Waals surface area contributed by atoms with Crippen LogP contribution in [0.25, 0.3) is 11.1 Å². The lowest BCUT2D eigenvalue weighted by atomic mass is 10.0. The molecule has 0 spiro atoms. The first kappa shape index (κ1) is 9.65. The van der Waals surface area contributed by atoms with Crippen molar-refractivity contribution in [1.29, 1.82) is 0 Å². The molecule has 76 valence electrons. The number of anilines is 1. The van der Waals surface area contributed by atoms with Gasteiger partial charge in [-0.1, -0.05) is 19.1 Å². The molecule has 0 unspecified atom stereocenters. The quantitative estimate of drug-likeness (QED) is 0.755. The lowest BCUT2D eigenvalue weighted by molar-refractivity contribution is 1.14. The SMILES string of the molecule is CCc1ccc(-c2cncnc2)cc1N. The van der Waals surface area contributed by atoms with Crippen molar-refractivity contribution in [2.45, 2.75) is 13.3 Å². The van der Waals surface area contributed by atoms with Gasteiger partial charge in [0.25, 0.3) is 0 Å². The zero-order chi connectivity index (χ0) is 10.7. The van der Waals surface area contributed by atoms with Gasteiger partial charge in [-0.25, -0.2) is 9.97 Å². The van der Waals surface area contributed by atoms with Crippen LogP contribution < -0.4 is 5.73 Å². The second kappa shape index (κ2) is 4.09. The number of benzene rings is 1. The number of nitrogens with two attached hydrogens (primary N) is 1. The summed E-state index contributed by atoms with van der Waals surface area (Å²) in [7, 11) is 0. The van der Waals surface area contributed by atoms with Gasteiger partial charge in [0.15, 0.2) is 0 Å². The lowest BCUT2D eigenvalue weighted by Gasteiger charge is -2.05. The fourth-order valence-corrected chi connectivity index (χ4v) is 1.54. The Balaban J connectivity index is 2.43. The minimum Gasteiger partial charge on any atom is -0.398 e. The topological polar surface area (TPSA) is 51.8 Å². The molecule has 0 fully saturated rings. The Bertz CT molecular complexity index is 452. The van der Waals surface area contributed by atoms with Gasteiger partial charge in [-0.2, -0.15) is 0 Å². The van der Waals surface area contributed by atoms with E-state index in [9.17, 15) is 0 Å². The predicted molar refractivity (Wildman–Crippen MR) is 61.3 cm³/mol. The van der Waals surface area contributed by atoms with E-state index < -0.39 is 0 Å². The van der Waals surface area contributed by atoms with E-state index >= 15 is 0 Å². The van der Waals surface area contributed by atoms with E-state index in [1.807, 2.05) is 12.1 Å². The molecule has 0 bridgehead atoms. The number of nitrogen functional groups attached to an aromatic ring is 1. The van der Waals surface area contributed by atoms with Gasteiger partial charge < -0.3 is 5.73 Å². The van der Waals surface area contributed by atoms with Gasteiger partial charge in [0.1, 0.15) is 6.33 Å². The van der Waals surface area contributed by atoms with Gasteiger partial charge in [-0.05, 0) is 23.6 Å². The van der Waals surface area contributed by atoms with Crippen LogP contribution in [-0.2, 0) is 6.42 Å². The first-order valence-electron chi connectivity index (χ1n) is 4.95. The molecule has 15 heavy (non-hydrogen) atoms. The van der Waals surface area contributed by atoms with Crippen molar-refractivity contribution in [1.82, 2.24) is 9.97 Å². The average Bonchev–Trinajstić information content (AvgIpc) is 2.30. The van der Waals surface area contributed by atoms with Crippen molar-refractivity contribution in [3.8, 4) is 11.1 Å². The number of aromatic nitrogens is 2. The second-order valence-corrected chi connectivity index (χ2v) is 3.39. The van der Waals surface area contributed by atoms with Gasteiger partial charge in [0.05, 0.1) is 0 Å². The van der Waals surface area contributed by atoms with Crippen molar-refractivity contribution in [2.75, 3.05) is 5.73 Å². The number of rotatable bonds is 2. The Morgan fingerprint density at radius 1 is 1.13 bits per heavy atom. The lowest BCUT2D eigenvalue weighted by Crippen LogP contribution is -1.93. The molecule has 0 aliphatic rings. The first-order chi connectivity index (χ1) is 7.31. The second-order valence-electron chi connectivity index (χ2n) is 3.39. The van der Waals surface area contributed by atoms with Gasteiger partial charge in [0, 0.05) is 23.6 Å². The van der Waals surface area contributed by atoms with Crippen molar-refractivity contribution < 1.29 is 0 Å². The van der Waals surface area contributed by atoms with Gasteiger partial charge in [-0.3, -0.25) is 0 Å². The third-order valence-corrected chi connectivity index (χ3v) is 2.42. The molecule has 0 atom stereocenters. The smallest absolute Gasteiger partial charge is 0.115 e. The van der Waals surface area contributed by atoms with Crippen LogP contribution in [0.15, 0.2) is 36.9 Å². The molecule has 1 aromatic heterocycles. The summed E-state index contributed by atoms with van der Waals surface area (Å²) >= 11 is 0. The maximum atomic E-state index is 5.93. The maximum Gasteiger partial charge on any atom is 0.115 e. The fraction of sp³-hybridized carbons (Fsp3) is 0.167. The van der Waals surface area contributed by atoms with E-state index in [4.69, 9.17) is 5.73 Å². The van der Waals surface area contributed by atoms with Crippen LogP contribution in [0.3, 0.4) is 0 Å². The Morgan fingerprint density at radius 3 is 2.47 bits per heavy atom. The summed E-state index contributed by atoms with van der Waals surface area (Å²) in [5, 5.41) is 0. The highest BCUT2D eigenvalue weighted by Crippen LogP contribution is 2.22. The number of hydrogen-bond acceptors (Lipinski definition) is 3. The average molecular weight is 199 g/mol. The molecule has 0 aliphatic carbocycles. The van der Waals surface area contributed by atoms with E-state index in [0.717, 1.165) is 23.2 Å². The maximum absolute atomic E-state index is 5.93. The summed E-state index contributed by atoms with van der Waals surface area (Å²) < 4.78 is 0. The van der Waals surface area contributed by atoms with E-state index in [1.54, 1.807) is 12.4 Å². The molecule has 0 saturated carbocycles. The highest BCUT2D eigenvalue weighted by Gasteiger charge is 2.01. The van der Waals surface area contributed by atoms with E-state index in [0.29, 0.717) is 0 Å². The molecule has 2 rings (SSSR count). The van der Waals surface area contributed by atoms with E-state index in [2.05, 4.69) is 23.0 Å². The zero-order valence-corrected chi connectivity index (χ0v) is 8.64. The van der Waals surface area contributed by atoms with Crippen LogP contribution in [-0.4, -0.2) is 9.97 Å². The van der Waals surface area contributed by atoms with Crippen molar-refractivity contribution in [3.05, 3.63) is 42.5 Å². The first-order valence-corrected chi connectivity index (χ1v) is 4.95. The standard InChI is InChI=1S/C12H13N3/c1-2-9-3-4-10(5-12(9)13)11-6-14-8-15-7-11/h3-8H,2,13H2,1H3. The predicted octanol–water partition coefficient (Wildman–Crippen LogP) is 2.29. The molecular weight excluding hydrogens is 186 g/mol. The molecule has 2 aromatic rings. The summed E-state index contributed by atoms with van der Waals surface area (Å²) in [5.41, 5.74) is 9.99. The van der Waals surface area contributed by atoms with Gasteiger partial charge >= 0.3 is 0 Å². The summed E-state index contributed by atoms with van der Waals surface area (Å²) in [5.74, 6) is 0. The Kier molecular flexibility index (Phi) is 2.63. The third-order valence-electron chi connectivity index (χ3n) is 2.42. The summed E-state index contributed by atoms with van der Waals surface area (Å²) in [4.78, 5) is 7.96. The molecule has 0 amide bonds. The van der Waals surface area contributed by atoms with E-state index in [1.165, 1.54) is 11.9 Å². The van der Waals surface area contributed by atoms with Crippen LogP contribution in [0, 0.1) is 0 Å². The third kappa shape index (κ3) is 1.96. The van der Waals surface area contributed by atoms with Crippen molar-refractivity contribution in [2.24, 2.45) is 0 Å². The number of hydrogen-bond donors (Lipinski definition) is 1. The van der Waals surface area contributed by atoms with Gasteiger partial charge in [-0.15, -0.1) is 0 Å². The molecule has 3 nitrogen and oxygen atoms in total. The fourth-order valence-electron chi connectivity index (χ4n) is 1.54. The van der Waals surface area contributed by atoms with Gasteiger partial charge in [0.2, 0.25) is 0 Å². The van der Waals surface area contributed by atoms with Crippen LogP contribution in [0.4, 0.5) is 5.69 Å². The Morgan fingerprint density at radius 2 is 1.87 bits per heavy atom. The van der Waals surface area contributed by atoms with Crippen molar-refractivity contribution in [3.63, 3.8) is 0 Å². The largest absolute Gasteiger partial charge is 0.398 e.